The van der Waals surface area contributed by atoms with Gasteiger partial charge in [0.25, 0.3) is 5.91 Å². The number of allylic oxidation sites excluding steroid dienone is 1. The van der Waals surface area contributed by atoms with Crippen molar-refractivity contribution in [3.8, 4) is 0 Å². The van der Waals surface area contributed by atoms with Gasteiger partial charge in [0.1, 0.15) is 12.4 Å². The molecule has 0 fully saturated rings. The first-order valence-corrected chi connectivity index (χ1v) is 7.73. The number of fused-ring (bicyclic) bond motifs is 1. The quantitative estimate of drug-likeness (QED) is 0.932. The van der Waals surface area contributed by atoms with Crippen LogP contribution in [0.25, 0.3) is 0 Å². The summed E-state index contributed by atoms with van der Waals surface area (Å²) in [5.74, 6) is 0.641. The van der Waals surface area contributed by atoms with Crippen LogP contribution in [0.15, 0.2) is 42.1 Å². The van der Waals surface area contributed by atoms with Crippen molar-refractivity contribution in [1.29, 1.82) is 0 Å². The summed E-state index contributed by atoms with van der Waals surface area (Å²) in [4.78, 5) is 23.3. The number of aromatic nitrogens is 4. The summed E-state index contributed by atoms with van der Waals surface area (Å²) in [6.45, 7) is 7.19. The number of carbonyl (C=O) groups is 1. The standard InChI is InChI=1S/C16H20N6O/c1-4-21(5-2)15(23)13-11(3)20-16-18-10-19-22(16)14(13)12-7-6-8-17-9-12/h6-10,14H,4-5H2,1-3H3,(H,18,19,20)/t14-/m1/s1. The summed E-state index contributed by atoms with van der Waals surface area (Å²) in [6, 6.07) is 3.50. The van der Waals surface area contributed by atoms with Gasteiger partial charge < -0.3 is 10.2 Å². The minimum atomic E-state index is -0.324. The second-order valence-corrected chi connectivity index (χ2v) is 5.36. The second-order valence-electron chi connectivity index (χ2n) is 5.36. The average Bonchev–Trinajstić information content (AvgIpc) is 3.03. The van der Waals surface area contributed by atoms with Gasteiger partial charge in [-0.15, -0.1) is 0 Å². The fourth-order valence-electron chi connectivity index (χ4n) is 2.89. The maximum atomic E-state index is 13.0. The molecule has 3 rings (SSSR count). The number of pyridine rings is 1. The van der Waals surface area contributed by atoms with E-state index < -0.39 is 0 Å². The van der Waals surface area contributed by atoms with Crippen LogP contribution in [-0.2, 0) is 4.79 Å². The first-order chi connectivity index (χ1) is 11.2. The van der Waals surface area contributed by atoms with Gasteiger partial charge in [0.05, 0.1) is 5.57 Å². The first kappa shape index (κ1) is 15.2. The molecule has 23 heavy (non-hydrogen) atoms. The fourth-order valence-corrected chi connectivity index (χ4v) is 2.89. The molecular weight excluding hydrogens is 292 g/mol. The van der Waals surface area contributed by atoms with E-state index in [-0.39, 0.29) is 11.9 Å². The summed E-state index contributed by atoms with van der Waals surface area (Å²) in [7, 11) is 0. The normalized spacial score (nSPS) is 16.7. The molecule has 7 heteroatoms. The molecule has 0 saturated carbocycles. The molecule has 0 aliphatic carbocycles. The smallest absolute Gasteiger partial charge is 0.254 e. The zero-order chi connectivity index (χ0) is 16.4. The van der Waals surface area contributed by atoms with Crippen LogP contribution < -0.4 is 5.32 Å². The Bertz CT molecular complexity index is 732. The van der Waals surface area contributed by atoms with Crippen LogP contribution in [0.3, 0.4) is 0 Å². The minimum absolute atomic E-state index is 0.00926. The van der Waals surface area contributed by atoms with E-state index in [1.807, 2.05) is 37.8 Å². The van der Waals surface area contributed by atoms with Gasteiger partial charge in [0, 0.05) is 31.2 Å². The monoisotopic (exact) mass is 312 g/mol. The molecule has 0 radical (unpaired) electrons. The van der Waals surface area contributed by atoms with Crippen molar-refractivity contribution >= 4 is 11.9 Å². The van der Waals surface area contributed by atoms with Crippen molar-refractivity contribution in [2.45, 2.75) is 26.8 Å². The molecule has 2 aromatic rings. The Morgan fingerprint density at radius 2 is 2.17 bits per heavy atom. The average molecular weight is 312 g/mol. The minimum Gasteiger partial charge on any atom is -0.339 e. The van der Waals surface area contributed by atoms with E-state index in [0.29, 0.717) is 24.6 Å². The lowest BCUT2D eigenvalue weighted by Gasteiger charge is -2.31. The number of anilines is 1. The van der Waals surface area contributed by atoms with Crippen LogP contribution in [0, 0.1) is 0 Å². The van der Waals surface area contributed by atoms with Crippen LogP contribution in [0.4, 0.5) is 5.95 Å². The predicted molar refractivity (Wildman–Crippen MR) is 86.6 cm³/mol. The van der Waals surface area contributed by atoms with Crippen molar-refractivity contribution in [2.24, 2.45) is 0 Å². The van der Waals surface area contributed by atoms with Gasteiger partial charge in [-0.1, -0.05) is 6.07 Å². The molecule has 1 amide bonds. The number of nitrogens with one attached hydrogen (secondary N) is 1. The molecule has 1 N–H and O–H groups in total. The lowest BCUT2D eigenvalue weighted by atomic mass is 9.96. The Morgan fingerprint density at radius 1 is 1.39 bits per heavy atom. The van der Waals surface area contributed by atoms with Gasteiger partial charge in [-0.25, -0.2) is 4.68 Å². The second kappa shape index (κ2) is 6.20. The number of likely N-dealkylation sites (N-methyl/N-ethyl adjacent to an activating group) is 1. The Hall–Kier alpha value is -2.70. The maximum Gasteiger partial charge on any atom is 0.254 e. The van der Waals surface area contributed by atoms with Gasteiger partial charge in [-0.05, 0) is 32.4 Å². The summed E-state index contributed by atoms with van der Waals surface area (Å²) in [5, 5.41) is 7.48. The largest absolute Gasteiger partial charge is 0.339 e. The van der Waals surface area contributed by atoms with E-state index in [4.69, 9.17) is 0 Å². The topological polar surface area (TPSA) is 75.9 Å². The van der Waals surface area contributed by atoms with Gasteiger partial charge in [-0.3, -0.25) is 9.78 Å². The summed E-state index contributed by atoms with van der Waals surface area (Å²) < 4.78 is 1.74. The Balaban J connectivity index is 2.13. The molecule has 0 aromatic carbocycles. The Morgan fingerprint density at radius 3 is 2.83 bits per heavy atom. The third-order valence-corrected chi connectivity index (χ3v) is 4.08. The molecule has 3 heterocycles. The van der Waals surface area contributed by atoms with E-state index in [9.17, 15) is 4.79 Å². The highest BCUT2D eigenvalue weighted by Gasteiger charge is 2.34. The highest BCUT2D eigenvalue weighted by atomic mass is 16.2. The molecule has 120 valence electrons. The molecule has 7 nitrogen and oxygen atoms in total. The third-order valence-electron chi connectivity index (χ3n) is 4.08. The molecule has 1 atom stereocenters. The molecular formula is C16H20N6O. The Labute approximate surface area is 135 Å². The number of hydrogen-bond donors (Lipinski definition) is 1. The molecule has 0 spiro atoms. The summed E-state index contributed by atoms with van der Waals surface area (Å²) >= 11 is 0. The lowest BCUT2D eigenvalue weighted by molar-refractivity contribution is -0.127. The Kier molecular flexibility index (Phi) is 4.10. The van der Waals surface area contributed by atoms with Crippen molar-refractivity contribution in [1.82, 2.24) is 24.6 Å². The summed E-state index contributed by atoms with van der Waals surface area (Å²) in [5.41, 5.74) is 2.39. The van der Waals surface area contributed by atoms with Crippen LogP contribution in [0.1, 0.15) is 32.4 Å². The summed E-state index contributed by atoms with van der Waals surface area (Å²) in [6.07, 6.45) is 4.98. The van der Waals surface area contributed by atoms with Crippen molar-refractivity contribution in [3.63, 3.8) is 0 Å². The van der Waals surface area contributed by atoms with Crippen molar-refractivity contribution in [3.05, 3.63) is 47.7 Å². The number of carbonyl (C=O) groups excluding carboxylic acids is 1. The van der Waals surface area contributed by atoms with E-state index in [1.165, 1.54) is 6.33 Å². The van der Waals surface area contributed by atoms with Gasteiger partial charge in [-0.2, -0.15) is 10.1 Å². The molecule has 0 bridgehead atoms. The number of hydrogen-bond acceptors (Lipinski definition) is 5. The zero-order valence-electron chi connectivity index (χ0n) is 13.5. The van der Waals surface area contributed by atoms with Crippen LogP contribution >= 0.6 is 0 Å². The first-order valence-electron chi connectivity index (χ1n) is 7.73. The SMILES string of the molecule is CCN(CC)C(=O)C1=C(C)Nc2ncnn2[C@@H]1c1cccnc1. The number of amides is 1. The number of nitrogens with zero attached hydrogens (tertiary/aromatic N) is 5. The van der Waals surface area contributed by atoms with Crippen LogP contribution in [0.2, 0.25) is 0 Å². The van der Waals surface area contributed by atoms with Crippen LogP contribution in [-0.4, -0.2) is 43.6 Å². The highest BCUT2D eigenvalue weighted by molar-refractivity contribution is 5.96. The third kappa shape index (κ3) is 2.58. The molecule has 2 aromatic heterocycles. The van der Waals surface area contributed by atoms with E-state index in [0.717, 1.165) is 11.3 Å². The highest BCUT2D eigenvalue weighted by Crippen LogP contribution is 2.34. The van der Waals surface area contributed by atoms with Crippen LogP contribution in [0.5, 0.6) is 0 Å². The fraction of sp³-hybridized carbons (Fsp3) is 0.375. The molecule has 1 aliphatic rings. The van der Waals surface area contributed by atoms with E-state index in [1.54, 1.807) is 17.1 Å². The van der Waals surface area contributed by atoms with Gasteiger partial charge >= 0.3 is 0 Å². The number of rotatable bonds is 4. The molecule has 0 unspecified atom stereocenters. The van der Waals surface area contributed by atoms with E-state index >= 15 is 0 Å². The van der Waals surface area contributed by atoms with Gasteiger partial charge in [0.2, 0.25) is 5.95 Å². The zero-order valence-corrected chi connectivity index (χ0v) is 13.5. The molecule has 1 aliphatic heterocycles. The maximum absolute atomic E-state index is 13.0. The molecule has 0 saturated heterocycles. The van der Waals surface area contributed by atoms with Gasteiger partial charge in [0.15, 0.2) is 0 Å². The lowest BCUT2D eigenvalue weighted by Crippen LogP contribution is -2.38. The predicted octanol–water partition coefficient (Wildman–Crippen LogP) is 1.83. The van der Waals surface area contributed by atoms with E-state index in [2.05, 4.69) is 20.4 Å². The van der Waals surface area contributed by atoms with Crippen molar-refractivity contribution < 1.29 is 4.79 Å². The van der Waals surface area contributed by atoms with Crippen molar-refractivity contribution in [2.75, 3.05) is 18.4 Å².